The molecule has 0 aromatic heterocycles. The Morgan fingerprint density at radius 3 is 2.28 bits per heavy atom. The average Bonchev–Trinajstić information content (AvgIpc) is 2.88. The lowest BCUT2D eigenvalue weighted by Gasteiger charge is -2.39. The third-order valence-electron chi connectivity index (χ3n) is 7.44. The van der Waals surface area contributed by atoms with Gasteiger partial charge < -0.3 is 10.1 Å². The van der Waals surface area contributed by atoms with Gasteiger partial charge in [-0.05, 0) is 80.2 Å². The first kappa shape index (κ1) is 26.1. The Labute approximate surface area is 215 Å². The van der Waals surface area contributed by atoms with Crippen molar-refractivity contribution in [2.45, 2.75) is 57.5 Å². The van der Waals surface area contributed by atoms with E-state index in [0.717, 1.165) is 43.4 Å². The van der Waals surface area contributed by atoms with Crippen LogP contribution in [0.15, 0.2) is 84.9 Å². The van der Waals surface area contributed by atoms with Gasteiger partial charge in [0.2, 0.25) is 5.91 Å². The molecule has 1 fully saturated rings. The Balaban J connectivity index is 1.40. The Morgan fingerprint density at radius 1 is 0.972 bits per heavy atom. The fourth-order valence-corrected chi connectivity index (χ4v) is 5.57. The molecule has 36 heavy (non-hydrogen) atoms. The molecule has 3 nitrogen and oxygen atoms in total. The molecule has 1 N–H and O–H groups in total. The number of nitrogens with one attached hydrogen (secondary N) is 1. The van der Waals surface area contributed by atoms with E-state index in [2.05, 4.69) is 49.5 Å². The molecule has 0 aliphatic carbocycles. The summed E-state index contributed by atoms with van der Waals surface area (Å²) in [6.07, 6.45) is 4.39. The molecular formula is C32H38FNO2. The van der Waals surface area contributed by atoms with Crippen molar-refractivity contribution in [1.29, 1.82) is 0 Å². The van der Waals surface area contributed by atoms with Crippen LogP contribution >= 0.6 is 0 Å². The molecule has 4 rings (SSSR count). The van der Waals surface area contributed by atoms with E-state index in [-0.39, 0.29) is 23.2 Å². The molecule has 0 radical (unpaired) electrons. The third kappa shape index (κ3) is 7.51. The standard InChI is InChI=1S/C32H38FNO2/c1-32(2)23-28(18-20-36-32)27(21-24-9-5-3-6-10-24)17-19-34-31(35)22-30(25-11-7-4-8-12-25)26-13-15-29(33)16-14-26/h3-16,27-28,30H,17-23H2,1-2H3,(H,34,35)/t27-,28-,30+/m1/s1. The number of hydrogen-bond donors (Lipinski definition) is 1. The van der Waals surface area contributed by atoms with E-state index >= 15 is 0 Å². The third-order valence-corrected chi connectivity index (χ3v) is 7.44. The highest BCUT2D eigenvalue weighted by Gasteiger charge is 2.33. The van der Waals surface area contributed by atoms with Gasteiger partial charge in [-0.3, -0.25) is 4.79 Å². The minimum Gasteiger partial charge on any atom is -0.376 e. The van der Waals surface area contributed by atoms with Gasteiger partial charge in [-0.25, -0.2) is 4.39 Å². The summed E-state index contributed by atoms with van der Waals surface area (Å²) in [6.45, 7) is 5.81. The summed E-state index contributed by atoms with van der Waals surface area (Å²) < 4.78 is 19.5. The maximum atomic E-state index is 13.5. The van der Waals surface area contributed by atoms with E-state index in [4.69, 9.17) is 4.74 Å². The first-order valence-corrected chi connectivity index (χ1v) is 13.1. The van der Waals surface area contributed by atoms with Gasteiger partial charge in [0, 0.05) is 25.5 Å². The van der Waals surface area contributed by atoms with Crippen LogP contribution in [0.25, 0.3) is 0 Å². The van der Waals surface area contributed by atoms with Crippen LogP contribution in [0.1, 0.15) is 62.1 Å². The SMILES string of the molecule is CC1(C)C[C@H]([C@H](CCNC(=O)C[C@@H](c2ccccc2)c2ccc(F)cc2)Cc2ccccc2)CCO1. The van der Waals surface area contributed by atoms with Gasteiger partial charge in [0.05, 0.1) is 5.60 Å². The van der Waals surface area contributed by atoms with Gasteiger partial charge in [0.15, 0.2) is 0 Å². The van der Waals surface area contributed by atoms with E-state index in [1.54, 1.807) is 12.1 Å². The molecule has 1 amide bonds. The predicted octanol–water partition coefficient (Wildman–Crippen LogP) is 6.92. The molecular weight excluding hydrogens is 449 g/mol. The van der Waals surface area contributed by atoms with E-state index in [1.165, 1.54) is 17.7 Å². The lowest BCUT2D eigenvalue weighted by atomic mass is 9.75. The van der Waals surface area contributed by atoms with E-state index in [0.29, 0.717) is 24.8 Å². The zero-order chi connectivity index (χ0) is 25.4. The molecule has 1 aliphatic heterocycles. The fourth-order valence-electron chi connectivity index (χ4n) is 5.57. The molecule has 1 saturated heterocycles. The Kier molecular flexibility index (Phi) is 8.93. The van der Waals surface area contributed by atoms with Crippen molar-refractivity contribution < 1.29 is 13.9 Å². The molecule has 3 aromatic rings. The fraction of sp³-hybridized carbons (Fsp3) is 0.406. The van der Waals surface area contributed by atoms with Crippen molar-refractivity contribution in [1.82, 2.24) is 5.32 Å². The van der Waals surface area contributed by atoms with E-state index < -0.39 is 0 Å². The quantitative estimate of drug-likeness (QED) is 0.337. The van der Waals surface area contributed by atoms with E-state index in [9.17, 15) is 9.18 Å². The van der Waals surface area contributed by atoms with Crippen LogP contribution in [0.2, 0.25) is 0 Å². The number of carbonyl (C=O) groups is 1. The largest absolute Gasteiger partial charge is 0.376 e. The van der Waals surface area contributed by atoms with Gasteiger partial charge in [-0.1, -0.05) is 72.8 Å². The molecule has 1 aliphatic rings. The van der Waals surface area contributed by atoms with Gasteiger partial charge in [0.25, 0.3) is 0 Å². The van der Waals surface area contributed by atoms with Gasteiger partial charge in [-0.2, -0.15) is 0 Å². The molecule has 1 heterocycles. The van der Waals surface area contributed by atoms with Crippen molar-refractivity contribution in [3.8, 4) is 0 Å². The van der Waals surface area contributed by atoms with Crippen LogP contribution in [0.3, 0.4) is 0 Å². The highest BCUT2D eigenvalue weighted by atomic mass is 19.1. The highest BCUT2D eigenvalue weighted by Crippen LogP contribution is 2.36. The Morgan fingerprint density at radius 2 is 1.61 bits per heavy atom. The summed E-state index contributed by atoms with van der Waals surface area (Å²) in [4.78, 5) is 13.1. The van der Waals surface area contributed by atoms with Crippen molar-refractivity contribution in [2.75, 3.05) is 13.2 Å². The maximum absolute atomic E-state index is 13.5. The highest BCUT2D eigenvalue weighted by molar-refractivity contribution is 5.77. The van der Waals surface area contributed by atoms with Crippen LogP contribution in [-0.4, -0.2) is 24.7 Å². The Bertz CT molecular complexity index is 1080. The van der Waals surface area contributed by atoms with Gasteiger partial charge >= 0.3 is 0 Å². The minimum absolute atomic E-state index is 0.0268. The van der Waals surface area contributed by atoms with Crippen molar-refractivity contribution >= 4 is 5.91 Å². The second-order valence-electron chi connectivity index (χ2n) is 10.7. The van der Waals surface area contributed by atoms with Crippen molar-refractivity contribution in [2.24, 2.45) is 11.8 Å². The second kappa shape index (κ2) is 12.3. The molecule has 0 spiro atoms. The summed E-state index contributed by atoms with van der Waals surface area (Å²) in [6, 6.07) is 27.1. The number of halogens is 1. The van der Waals surface area contributed by atoms with Crippen LogP contribution in [-0.2, 0) is 16.0 Å². The molecule has 4 heteroatoms. The smallest absolute Gasteiger partial charge is 0.220 e. The van der Waals surface area contributed by atoms with Crippen molar-refractivity contribution in [3.63, 3.8) is 0 Å². The van der Waals surface area contributed by atoms with Crippen LogP contribution in [0.4, 0.5) is 4.39 Å². The van der Waals surface area contributed by atoms with Gasteiger partial charge in [-0.15, -0.1) is 0 Å². The zero-order valence-corrected chi connectivity index (χ0v) is 21.5. The molecule has 190 valence electrons. The number of rotatable bonds is 10. The second-order valence-corrected chi connectivity index (χ2v) is 10.7. The first-order valence-electron chi connectivity index (χ1n) is 13.1. The number of hydrogen-bond acceptors (Lipinski definition) is 2. The molecule has 0 saturated carbocycles. The number of benzene rings is 3. The van der Waals surface area contributed by atoms with Crippen LogP contribution in [0.5, 0.6) is 0 Å². The normalized spacial score (nSPS) is 18.8. The molecule has 0 unspecified atom stereocenters. The number of carbonyl (C=O) groups excluding carboxylic acids is 1. The van der Waals surface area contributed by atoms with Crippen LogP contribution in [0, 0.1) is 17.7 Å². The minimum atomic E-state index is -0.268. The predicted molar refractivity (Wildman–Crippen MR) is 143 cm³/mol. The van der Waals surface area contributed by atoms with Crippen LogP contribution < -0.4 is 5.32 Å². The summed E-state index contributed by atoms with van der Waals surface area (Å²) in [5.41, 5.74) is 3.26. The summed E-state index contributed by atoms with van der Waals surface area (Å²) in [5.74, 6) is 0.706. The summed E-state index contributed by atoms with van der Waals surface area (Å²) >= 11 is 0. The maximum Gasteiger partial charge on any atom is 0.220 e. The molecule has 3 aromatic carbocycles. The van der Waals surface area contributed by atoms with E-state index in [1.807, 2.05) is 30.3 Å². The topological polar surface area (TPSA) is 38.3 Å². The average molecular weight is 488 g/mol. The lowest BCUT2D eigenvalue weighted by Crippen LogP contribution is -2.38. The summed E-state index contributed by atoms with van der Waals surface area (Å²) in [7, 11) is 0. The van der Waals surface area contributed by atoms with Gasteiger partial charge in [0.1, 0.15) is 5.82 Å². The molecule has 0 bridgehead atoms. The number of ether oxygens (including phenoxy) is 1. The zero-order valence-electron chi connectivity index (χ0n) is 21.5. The lowest BCUT2D eigenvalue weighted by molar-refractivity contribution is -0.121. The Hall–Kier alpha value is -2.98. The number of amides is 1. The summed E-state index contributed by atoms with van der Waals surface area (Å²) in [5, 5.41) is 3.20. The molecule has 3 atom stereocenters. The van der Waals surface area contributed by atoms with Crippen molar-refractivity contribution in [3.05, 3.63) is 107 Å². The monoisotopic (exact) mass is 487 g/mol. The first-order chi connectivity index (χ1) is 17.4.